The van der Waals surface area contributed by atoms with Gasteiger partial charge in [-0.2, -0.15) is 0 Å². The predicted octanol–water partition coefficient (Wildman–Crippen LogP) is 13.1. The van der Waals surface area contributed by atoms with Gasteiger partial charge in [-0.25, -0.2) is 15.0 Å². The zero-order chi connectivity index (χ0) is 34.9. The van der Waals surface area contributed by atoms with Crippen LogP contribution in [0.1, 0.15) is 0 Å². The Hall–Kier alpha value is -7.17. The van der Waals surface area contributed by atoms with E-state index in [0.717, 1.165) is 55.1 Å². The summed E-state index contributed by atoms with van der Waals surface area (Å²) in [6.45, 7) is 0. The normalized spacial score (nSPS) is 11.8. The lowest BCUT2D eigenvalue weighted by atomic mass is 9.91. The van der Waals surface area contributed by atoms with Gasteiger partial charge in [0.25, 0.3) is 0 Å². The third-order valence-corrected chi connectivity index (χ3v) is 10.5. The Balaban J connectivity index is 1.15. The number of hydrogen-bond donors (Lipinski definition) is 0. The molecule has 0 spiro atoms. The van der Waals surface area contributed by atoms with Crippen LogP contribution in [0.2, 0.25) is 0 Å². The van der Waals surface area contributed by atoms with E-state index in [2.05, 4.69) is 133 Å². The van der Waals surface area contributed by atoms with Crippen molar-refractivity contribution in [1.29, 1.82) is 0 Å². The van der Waals surface area contributed by atoms with Gasteiger partial charge in [0.05, 0.1) is 0 Å². The summed E-state index contributed by atoms with van der Waals surface area (Å²) >= 11 is 0. The van der Waals surface area contributed by atoms with Crippen molar-refractivity contribution in [2.45, 2.75) is 0 Å². The molecule has 0 aliphatic rings. The third-order valence-electron chi connectivity index (χ3n) is 10.5. The molecule has 4 heteroatoms. The van der Waals surface area contributed by atoms with Crippen molar-refractivity contribution in [2.24, 2.45) is 0 Å². The number of hydrogen-bond acceptors (Lipinski definition) is 4. The van der Waals surface area contributed by atoms with Crippen LogP contribution in [0.3, 0.4) is 0 Å². The molecule has 0 fully saturated rings. The maximum Gasteiger partial charge on any atom is 0.164 e. The summed E-state index contributed by atoms with van der Waals surface area (Å²) < 4.78 is 6.84. The Bertz CT molecular complexity index is 3240. The third kappa shape index (κ3) is 4.73. The van der Waals surface area contributed by atoms with Crippen molar-refractivity contribution in [1.82, 2.24) is 15.0 Å². The minimum atomic E-state index is 0.601. The van der Waals surface area contributed by atoms with E-state index in [1.165, 1.54) is 37.7 Å². The van der Waals surface area contributed by atoms with Crippen molar-refractivity contribution < 1.29 is 4.42 Å². The molecule has 0 radical (unpaired) electrons. The molecule has 11 rings (SSSR count). The molecule has 53 heavy (non-hydrogen) atoms. The molecular weight excluding hydrogens is 647 g/mol. The zero-order valence-electron chi connectivity index (χ0n) is 28.5. The van der Waals surface area contributed by atoms with Crippen molar-refractivity contribution in [3.63, 3.8) is 0 Å². The smallest absolute Gasteiger partial charge is 0.164 e. The molecule has 11 aromatic rings. The quantitative estimate of drug-likeness (QED) is 0.174. The number of benzene rings is 9. The van der Waals surface area contributed by atoms with Crippen molar-refractivity contribution in [2.75, 3.05) is 0 Å². The second-order valence-corrected chi connectivity index (χ2v) is 13.5. The zero-order valence-corrected chi connectivity index (χ0v) is 28.5. The molecule has 246 valence electrons. The SMILES string of the molecule is c1ccc(-c2nc(-c3ccc4ccccc4c3)nc(-c3cccc4oc5c(-c6cccc7ccc8c9ccccc9ccc8c67)cccc5c34)n2)cc1. The van der Waals surface area contributed by atoms with Gasteiger partial charge in [0.2, 0.25) is 0 Å². The highest BCUT2D eigenvalue weighted by atomic mass is 16.3. The summed E-state index contributed by atoms with van der Waals surface area (Å²) in [5.74, 6) is 1.85. The minimum absolute atomic E-state index is 0.601. The van der Waals surface area contributed by atoms with Gasteiger partial charge in [0, 0.05) is 33.0 Å². The molecule has 0 bridgehead atoms. The fourth-order valence-electron chi connectivity index (χ4n) is 8.02. The molecule has 0 aliphatic carbocycles. The van der Waals surface area contributed by atoms with Gasteiger partial charge >= 0.3 is 0 Å². The maximum atomic E-state index is 6.84. The van der Waals surface area contributed by atoms with Gasteiger partial charge in [0.1, 0.15) is 11.2 Å². The number of para-hydroxylation sites is 1. The number of nitrogens with zero attached hydrogens (tertiary/aromatic N) is 3. The Labute approximate surface area is 304 Å². The van der Waals surface area contributed by atoms with Crippen molar-refractivity contribution >= 4 is 65.0 Å². The number of aromatic nitrogens is 3. The summed E-state index contributed by atoms with van der Waals surface area (Å²) in [5.41, 5.74) is 6.58. The highest BCUT2D eigenvalue weighted by Crippen LogP contribution is 2.43. The van der Waals surface area contributed by atoms with E-state index in [-0.39, 0.29) is 0 Å². The molecule has 2 heterocycles. The van der Waals surface area contributed by atoms with E-state index in [1.807, 2.05) is 42.5 Å². The summed E-state index contributed by atoms with van der Waals surface area (Å²) in [7, 11) is 0. The molecule has 9 aromatic carbocycles. The lowest BCUT2D eigenvalue weighted by Gasteiger charge is -2.12. The topological polar surface area (TPSA) is 51.8 Å². The second kappa shape index (κ2) is 11.7. The standard InChI is InChI=1S/C49H29N3O/c1-2-13-33(14-3-1)47-50-48(35-24-23-30-11-4-5-15-34(30)29-35)52-49(51-47)42-21-10-22-43-45(42)41-20-9-19-40(46(41)53-43)38-18-8-16-32-26-27-37-36-17-7-6-12-31(36)25-28-39(37)44(32)38/h1-29H. The summed E-state index contributed by atoms with van der Waals surface area (Å²) in [6, 6.07) is 61.6. The van der Waals surface area contributed by atoms with E-state index < -0.39 is 0 Å². The maximum absolute atomic E-state index is 6.84. The fourth-order valence-corrected chi connectivity index (χ4v) is 8.02. The van der Waals surface area contributed by atoms with E-state index in [9.17, 15) is 0 Å². The first kappa shape index (κ1) is 29.5. The average Bonchev–Trinajstić information content (AvgIpc) is 3.62. The lowest BCUT2D eigenvalue weighted by molar-refractivity contribution is 0.670. The Morgan fingerprint density at radius 1 is 0.321 bits per heavy atom. The molecule has 4 nitrogen and oxygen atoms in total. The van der Waals surface area contributed by atoms with Gasteiger partial charge in [0.15, 0.2) is 17.5 Å². The number of furan rings is 1. The van der Waals surface area contributed by atoms with Crippen LogP contribution in [0.5, 0.6) is 0 Å². The minimum Gasteiger partial charge on any atom is -0.455 e. The first-order valence-electron chi connectivity index (χ1n) is 17.9. The largest absolute Gasteiger partial charge is 0.455 e. The molecule has 0 N–H and O–H groups in total. The lowest BCUT2D eigenvalue weighted by Crippen LogP contribution is -2.00. The van der Waals surface area contributed by atoms with Gasteiger partial charge in [-0.15, -0.1) is 0 Å². The van der Waals surface area contributed by atoms with Crippen molar-refractivity contribution in [3.8, 4) is 45.3 Å². The summed E-state index contributed by atoms with van der Waals surface area (Å²) in [5, 5.41) is 11.7. The predicted molar refractivity (Wildman–Crippen MR) is 219 cm³/mol. The molecule has 0 saturated carbocycles. The van der Waals surface area contributed by atoms with Crippen LogP contribution < -0.4 is 0 Å². The highest BCUT2D eigenvalue weighted by Gasteiger charge is 2.21. The van der Waals surface area contributed by atoms with Crippen molar-refractivity contribution in [3.05, 3.63) is 176 Å². The molecule has 0 amide bonds. The number of fused-ring (bicyclic) bond motifs is 9. The first-order valence-corrected chi connectivity index (χ1v) is 17.9. The van der Waals surface area contributed by atoms with Gasteiger partial charge in [-0.3, -0.25) is 0 Å². The van der Waals surface area contributed by atoms with E-state index in [1.54, 1.807) is 0 Å². The number of rotatable bonds is 4. The van der Waals surface area contributed by atoms with Gasteiger partial charge < -0.3 is 4.42 Å². The van der Waals surface area contributed by atoms with Crippen LogP contribution in [0.4, 0.5) is 0 Å². The molecule has 0 atom stereocenters. The van der Waals surface area contributed by atoms with E-state index in [0.29, 0.717) is 17.5 Å². The molecule has 2 aromatic heterocycles. The van der Waals surface area contributed by atoms with Crippen LogP contribution in [0.25, 0.3) is 110 Å². The highest BCUT2D eigenvalue weighted by molar-refractivity contribution is 6.23. The molecule has 0 unspecified atom stereocenters. The van der Waals surface area contributed by atoms with Crippen LogP contribution in [0, 0.1) is 0 Å². The van der Waals surface area contributed by atoms with E-state index >= 15 is 0 Å². The van der Waals surface area contributed by atoms with Crippen LogP contribution in [0.15, 0.2) is 180 Å². The van der Waals surface area contributed by atoms with Crippen LogP contribution in [-0.4, -0.2) is 15.0 Å². The van der Waals surface area contributed by atoms with Crippen LogP contribution >= 0.6 is 0 Å². The van der Waals surface area contributed by atoms with Gasteiger partial charge in [-0.1, -0.05) is 164 Å². The molecule has 0 aliphatic heterocycles. The Kier molecular flexibility index (Phi) is 6.52. The monoisotopic (exact) mass is 675 g/mol. The fraction of sp³-hybridized carbons (Fsp3) is 0. The second-order valence-electron chi connectivity index (χ2n) is 13.5. The molecular formula is C49H29N3O. The van der Waals surface area contributed by atoms with E-state index in [4.69, 9.17) is 19.4 Å². The molecule has 0 saturated heterocycles. The van der Waals surface area contributed by atoms with Gasteiger partial charge in [-0.05, 0) is 60.8 Å². The van der Waals surface area contributed by atoms with Crippen LogP contribution in [-0.2, 0) is 0 Å². The Morgan fingerprint density at radius 2 is 0.943 bits per heavy atom. The average molecular weight is 676 g/mol. The summed E-state index contributed by atoms with van der Waals surface area (Å²) in [4.78, 5) is 15.3. The first-order chi connectivity index (χ1) is 26.3. The summed E-state index contributed by atoms with van der Waals surface area (Å²) in [6.07, 6.45) is 0. The Morgan fingerprint density at radius 3 is 1.85 bits per heavy atom.